The Morgan fingerprint density at radius 3 is 0.838 bits per heavy atom. The Kier molecular flexibility index (Phi) is 12.4. The predicted octanol–water partition coefficient (Wildman–Crippen LogP) is 18.4. The van der Waals surface area contributed by atoms with Crippen LogP contribution < -0.4 is 19.3 Å². The lowest BCUT2D eigenvalue weighted by atomic mass is 9.97. The van der Waals surface area contributed by atoms with Gasteiger partial charge < -0.3 is 19.3 Å². The maximum Gasteiger partial charge on any atom is 0.127 e. The zero-order valence-electron chi connectivity index (χ0n) is 38.8. The van der Waals surface area contributed by atoms with Crippen LogP contribution in [0.1, 0.15) is 22.3 Å². The zero-order valence-corrected chi connectivity index (χ0v) is 38.8. The molecule has 10 aromatic rings. The first-order valence-corrected chi connectivity index (χ1v) is 23.1. The third-order valence-corrected chi connectivity index (χ3v) is 12.5. The Morgan fingerprint density at radius 2 is 0.515 bits per heavy atom. The second kappa shape index (κ2) is 19.5. The maximum atomic E-state index is 6.27. The number of nitrogens with zero attached hydrogens (tertiary/aromatic N) is 2. The molecule has 0 fully saturated rings. The van der Waals surface area contributed by atoms with Gasteiger partial charge in [-0.1, -0.05) is 133 Å². The summed E-state index contributed by atoms with van der Waals surface area (Å²) in [4.78, 5) is 4.73. The van der Waals surface area contributed by atoms with E-state index in [0.717, 1.165) is 90.5 Å². The van der Waals surface area contributed by atoms with Gasteiger partial charge in [0.1, 0.15) is 23.0 Å². The van der Waals surface area contributed by atoms with Crippen molar-refractivity contribution in [3.63, 3.8) is 0 Å². The van der Waals surface area contributed by atoms with Crippen molar-refractivity contribution in [1.29, 1.82) is 0 Å². The van der Waals surface area contributed by atoms with Crippen LogP contribution in [0.5, 0.6) is 23.0 Å². The fraction of sp³-hybridized carbons (Fsp3) is 0.0625. The van der Waals surface area contributed by atoms with Gasteiger partial charge in [-0.15, -0.1) is 0 Å². The molecule has 10 aromatic carbocycles. The van der Waals surface area contributed by atoms with Gasteiger partial charge in [0.25, 0.3) is 0 Å². The number of ether oxygens (including phenoxy) is 2. The van der Waals surface area contributed by atoms with E-state index in [1.54, 1.807) is 0 Å². The van der Waals surface area contributed by atoms with Gasteiger partial charge in [0.15, 0.2) is 0 Å². The fourth-order valence-electron chi connectivity index (χ4n) is 8.99. The first kappa shape index (κ1) is 43.3. The molecule has 0 heterocycles. The van der Waals surface area contributed by atoms with Gasteiger partial charge in [-0.05, 0) is 193 Å². The molecule has 10 rings (SSSR count). The van der Waals surface area contributed by atoms with Crippen molar-refractivity contribution in [1.82, 2.24) is 0 Å². The van der Waals surface area contributed by atoms with E-state index in [-0.39, 0.29) is 0 Å². The molecule has 0 aliphatic carbocycles. The van der Waals surface area contributed by atoms with Crippen LogP contribution in [0.3, 0.4) is 0 Å². The average molecular weight is 881 g/mol. The van der Waals surface area contributed by atoms with Crippen LogP contribution in [0.2, 0.25) is 0 Å². The summed E-state index contributed by atoms with van der Waals surface area (Å²) in [6.07, 6.45) is 0. The molecule has 0 spiro atoms. The van der Waals surface area contributed by atoms with Crippen LogP contribution in [0.25, 0.3) is 33.4 Å². The molecule has 0 radical (unpaired) electrons. The van der Waals surface area contributed by atoms with Crippen LogP contribution in [-0.2, 0) is 0 Å². The number of para-hydroxylation sites is 2. The fourth-order valence-corrected chi connectivity index (χ4v) is 8.99. The molecule has 4 heteroatoms. The standard InChI is InChI=1S/C64H52N2O2/c1-45-41-53(29-37-61(45)65(55-31-25-51(26-32-55)49-17-9-5-10-18-49)63-39-35-59(43-47(63)3)67-57-21-13-7-14-22-57)54-30-38-62(46(2)42-54)66(56-33-27-52(28-34-56)50-19-11-6-12-20-50)64-40-36-60(44-48(64)4)68-58-23-15-8-16-24-58/h5-44H,1-4H3. The molecule has 0 aromatic heterocycles. The quantitative estimate of drug-likeness (QED) is 0.115. The molecule has 4 nitrogen and oxygen atoms in total. The minimum Gasteiger partial charge on any atom is -0.457 e. The van der Waals surface area contributed by atoms with E-state index in [0.29, 0.717) is 0 Å². The normalized spacial score (nSPS) is 10.9. The lowest BCUT2D eigenvalue weighted by Gasteiger charge is -2.30. The number of rotatable bonds is 13. The van der Waals surface area contributed by atoms with E-state index < -0.39 is 0 Å². The van der Waals surface area contributed by atoms with Crippen molar-refractivity contribution < 1.29 is 9.47 Å². The van der Waals surface area contributed by atoms with Gasteiger partial charge in [-0.25, -0.2) is 0 Å². The molecule has 0 bridgehead atoms. The summed E-state index contributed by atoms with van der Waals surface area (Å²) in [7, 11) is 0. The van der Waals surface area contributed by atoms with E-state index >= 15 is 0 Å². The highest BCUT2D eigenvalue weighted by Crippen LogP contribution is 2.44. The molecular weight excluding hydrogens is 829 g/mol. The smallest absolute Gasteiger partial charge is 0.127 e. The summed E-state index contributed by atoms with van der Waals surface area (Å²) in [6.45, 7) is 8.73. The Labute approximate surface area is 400 Å². The summed E-state index contributed by atoms with van der Waals surface area (Å²) in [5.74, 6) is 3.22. The molecule has 0 atom stereocenters. The number of hydrogen-bond donors (Lipinski definition) is 0. The highest BCUT2D eigenvalue weighted by molar-refractivity contribution is 5.86. The lowest BCUT2D eigenvalue weighted by molar-refractivity contribution is 0.482. The largest absolute Gasteiger partial charge is 0.457 e. The number of anilines is 6. The first-order valence-electron chi connectivity index (χ1n) is 23.1. The SMILES string of the molecule is Cc1cc(Oc2ccccc2)ccc1N(c1ccc(-c2ccccc2)cc1)c1ccc(-c2ccc(N(c3ccc(-c4ccccc4)cc3)c3ccc(Oc4ccccc4)cc3C)c(C)c2)cc1C. The topological polar surface area (TPSA) is 24.9 Å². The summed E-state index contributed by atoms with van der Waals surface area (Å²) < 4.78 is 12.5. The van der Waals surface area contributed by atoms with E-state index in [1.165, 1.54) is 22.3 Å². The molecule has 0 saturated carbocycles. The molecule has 0 unspecified atom stereocenters. The van der Waals surface area contributed by atoms with Crippen molar-refractivity contribution in [3.8, 4) is 56.4 Å². The predicted molar refractivity (Wildman–Crippen MR) is 284 cm³/mol. The second-order valence-electron chi connectivity index (χ2n) is 17.2. The van der Waals surface area contributed by atoms with Crippen molar-refractivity contribution in [2.75, 3.05) is 9.80 Å². The maximum absolute atomic E-state index is 6.27. The minimum atomic E-state index is 0.801. The third kappa shape index (κ3) is 9.40. The van der Waals surface area contributed by atoms with E-state index in [2.05, 4.69) is 219 Å². The summed E-state index contributed by atoms with van der Waals surface area (Å²) >= 11 is 0. The molecule has 0 amide bonds. The highest BCUT2D eigenvalue weighted by Gasteiger charge is 2.21. The van der Waals surface area contributed by atoms with Crippen molar-refractivity contribution in [3.05, 3.63) is 265 Å². The minimum absolute atomic E-state index is 0.801. The number of benzene rings is 10. The van der Waals surface area contributed by atoms with Gasteiger partial charge in [-0.3, -0.25) is 0 Å². The molecule has 0 aliphatic rings. The average Bonchev–Trinajstić information content (AvgIpc) is 3.38. The van der Waals surface area contributed by atoms with Crippen LogP contribution in [0, 0.1) is 27.7 Å². The lowest BCUT2D eigenvalue weighted by Crippen LogP contribution is -2.13. The number of hydrogen-bond acceptors (Lipinski definition) is 4. The van der Waals surface area contributed by atoms with E-state index in [4.69, 9.17) is 9.47 Å². The molecule has 0 aliphatic heterocycles. The Balaban J connectivity index is 0.998. The highest BCUT2D eigenvalue weighted by atomic mass is 16.5. The van der Waals surface area contributed by atoms with E-state index in [9.17, 15) is 0 Å². The van der Waals surface area contributed by atoms with Crippen LogP contribution >= 0.6 is 0 Å². The van der Waals surface area contributed by atoms with Gasteiger partial charge in [-0.2, -0.15) is 0 Å². The molecule has 0 N–H and O–H groups in total. The second-order valence-corrected chi connectivity index (χ2v) is 17.2. The van der Waals surface area contributed by atoms with Gasteiger partial charge in [0.2, 0.25) is 0 Å². The third-order valence-electron chi connectivity index (χ3n) is 12.5. The van der Waals surface area contributed by atoms with Gasteiger partial charge in [0.05, 0.1) is 0 Å². The zero-order chi connectivity index (χ0) is 46.4. The summed E-state index contributed by atoms with van der Waals surface area (Å²) in [5.41, 5.74) is 18.1. The monoisotopic (exact) mass is 880 g/mol. The van der Waals surface area contributed by atoms with Crippen LogP contribution in [-0.4, -0.2) is 0 Å². The van der Waals surface area contributed by atoms with Crippen LogP contribution in [0.15, 0.2) is 243 Å². The van der Waals surface area contributed by atoms with Crippen molar-refractivity contribution in [2.24, 2.45) is 0 Å². The van der Waals surface area contributed by atoms with Crippen molar-refractivity contribution in [2.45, 2.75) is 27.7 Å². The Hall–Kier alpha value is -8.60. The molecule has 68 heavy (non-hydrogen) atoms. The first-order chi connectivity index (χ1) is 33.3. The molecular formula is C64H52N2O2. The van der Waals surface area contributed by atoms with Crippen LogP contribution in [0.4, 0.5) is 34.1 Å². The van der Waals surface area contributed by atoms with Crippen molar-refractivity contribution >= 4 is 34.1 Å². The summed E-state index contributed by atoms with van der Waals surface area (Å²) in [5, 5.41) is 0. The Morgan fingerprint density at radius 1 is 0.235 bits per heavy atom. The molecule has 330 valence electrons. The van der Waals surface area contributed by atoms with Gasteiger partial charge >= 0.3 is 0 Å². The number of aryl methyl sites for hydroxylation is 4. The van der Waals surface area contributed by atoms with Gasteiger partial charge in [0, 0.05) is 34.1 Å². The van der Waals surface area contributed by atoms with E-state index in [1.807, 2.05) is 60.7 Å². The summed E-state index contributed by atoms with van der Waals surface area (Å²) in [6, 6.07) is 85.0. The Bertz CT molecular complexity index is 3070. The molecule has 0 saturated heterocycles.